The maximum atomic E-state index is 11.8. The lowest BCUT2D eigenvalue weighted by Gasteiger charge is -2.19. The third-order valence-electron chi connectivity index (χ3n) is 3.31. The van der Waals surface area contributed by atoms with Crippen molar-refractivity contribution in [2.75, 3.05) is 11.9 Å². The summed E-state index contributed by atoms with van der Waals surface area (Å²) in [5.41, 5.74) is 0.219. The number of carbonyl (C=O) groups is 2. The summed E-state index contributed by atoms with van der Waals surface area (Å²) in [5.74, 6) is -1.33. The molecule has 0 atom stereocenters. The number of aliphatic carboxylic acids is 1. The quantitative estimate of drug-likeness (QED) is 0.813. The van der Waals surface area contributed by atoms with Gasteiger partial charge in [0.05, 0.1) is 18.5 Å². The van der Waals surface area contributed by atoms with E-state index in [1.54, 1.807) is 0 Å². The van der Waals surface area contributed by atoms with Crippen molar-refractivity contribution in [2.24, 2.45) is 0 Å². The van der Waals surface area contributed by atoms with E-state index >= 15 is 0 Å². The molecule has 2 aromatic rings. The fourth-order valence-corrected chi connectivity index (χ4v) is 1.82. The third kappa shape index (κ3) is 4.40. The molecule has 0 saturated carbocycles. The maximum absolute atomic E-state index is 11.8. The summed E-state index contributed by atoms with van der Waals surface area (Å²) >= 11 is 0. The first-order chi connectivity index (χ1) is 10.9. The predicted octanol–water partition coefficient (Wildman–Crippen LogP) is 1.86. The molecule has 2 N–H and O–H groups in total. The van der Waals surface area contributed by atoms with E-state index in [2.05, 4.69) is 10.4 Å². The van der Waals surface area contributed by atoms with Crippen LogP contribution in [0.1, 0.15) is 19.4 Å². The number of benzene rings is 1. The number of nitrogens with zero attached hydrogens (tertiary/aromatic N) is 2. The van der Waals surface area contributed by atoms with Gasteiger partial charge in [0, 0.05) is 6.20 Å². The van der Waals surface area contributed by atoms with Gasteiger partial charge < -0.3 is 15.2 Å². The van der Waals surface area contributed by atoms with Crippen LogP contribution in [0, 0.1) is 0 Å². The number of amides is 1. The number of carboxylic acid groups (broad SMARTS) is 1. The van der Waals surface area contributed by atoms with E-state index in [4.69, 9.17) is 9.84 Å². The second-order valence-electron chi connectivity index (χ2n) is 5.56. The highest BCUT2D eigenvalue weighted by Gasteiger charge is 2.30. The van der Waals surface area contributed by atoms with Crippen molar-refractivity contribution in [2.45, 2.75) is 26.0 Å². The molecule has 0 bridgehead atoms. The van der Waals surface area contributed by atoms with Crippen molar-refractivity contribution in [3.8, 4) is 0 Å². The Morgan fingerprint density at radius 1 is 1.30 bits per heavy atom. The average Bonchev–Trinajstić information content (AvgIpc) is 2.97. The SMILES string of the molecule is CC(C)(C(=O)O)n1cc(NC(=O)COCc2ccccc2)cn1. The highest BCUT2D eigenvalue weighted by atomic mass is 16.5. The van der Waals surface area contributed by atoms with Crippen molar-refractivity contribution >= 4 is 17.6 Å². The van der Waals surface area contributed by atoms with E-state index in [1.807, 2.05) is 30.3 Å². The summed E-state index contributed by atoms with van der Waals surface area (Å²) in [6, 6.07) is 9.53. The summed E-state index contributed by atoms with van der Waals surface area (Å²) in [7, 11) is 0. The molecule has 0 aliphatic rings. The first-order valence-electron chi connectivity index (χ1n) is 7.09. The van der Waals surface area contributed by atoms with Crippen LogP contribution in [-0.4, -0.2) is 33.4 Å². The number of nitrogens with one attached hydrogen (secondary N) is 1. The van der Waals surface area contributed by atoms with E-state index in [0.29, 0.717) is 12.3 Å². The molecule has 0 fully saturated rings. The Labute approximate surface area is 133 Å². The van der Waals surface area contributed by atoms with Crippen LogP contribution >= 0.6 is 0 Å². The zero-order valence-electron chi connectivity index (χ0n) is 13.0. The Morgan fingerprint density at radius 2 is 2.00 bits per heavy atom. The van der Waals surface area contributed by atoms with Crippen LogP contribution in [0.15, 0.2) is 42.7 Å². The Kier molecular flexibility index (Phi) is 5.13. The molecule has 0 unspecified atom stereocenters. The number of carboxylic acids is 1. The molecule has 0 saturated heterocycles. The minimum atomic E-state index is -1.19. The summed E-state index contributed by atoms with van der Waals surface area (Å²) < 4.78 is 6.62. The van der Waals surface area contributed by atoms with Crippen LogP contribution in [-0.2, 0) is 26.5 Å². The minimum Gasteiger partial charge on any atom is -0.479 e. The minimum absolute atomic E-state index is 0.0948. The Bertz CT molecular complexity index is 680. The molecule has 1 aromatic heterocycles. The molecule has 0 spiro atoms. The van der Waals surface area contributed by atoms with Crippen molar-refractivity contribution in [1.82, 2.24) is 9.78 Å². The molecule has 0 aliphatic heterocycles. The smallest absolute Gasteiger partial charge is 0.331 e. The zero-order valence-corrected chi connectivity index (χ0v) is 13.0. The normalized spacial score (nSPS) is 11.2. The van der Waals surface area contributed by atoms with Crippen LogP contribution in [0.4, 0.5) is 5.69 Å². The van der Waals surface area contributed by atoms with E-state index in [1.165, 1.54) is 30.9 Å². The average molecular weight is 317 g/mol. The van der Waals surface area contributed by atoms with E-state index in [9.17, 15) is 9.59 Å². The lowest BCUT2D eigenvalue weighted by atomic mass is 10.1. The van der Waals surface area contributed by atoms with Gasteiger partial charge in [-0.05, 0) is 19.4 Å². The van der Waals surface area contributed by atoms with E-state index in [-0.39, 0.29) is 12.5 Å². The molecule has 1 amide bonds. The monoisotopic (exact) mass is 317 g/mol. The maximum Gasteiger partial charge on any atom is 0.331 e. The van der Waals surface area contributed by atoms with Crippen LogP contribution in [0.5, 0.6) is 0 Å². The Morgan fingerprint density at radius 3 is 2.65 bits per heavy atom. The van der Waals surface area contributed by atoms with Gasteiger partial charge in [-0.25, -0.2) is 4.79 Å². The Hall–Kier alpha value is -2.67. The number of hydrogen-bond acceptors (Lipinski definition) is 4. The molecule has 23 heavy (non-hydrogen) atoms. The zero-order chi connectivity index (χ0) is 16.9. The lowest BCUT2D eigenvalue weighted by molar-refractivity contribution is -0.146. The number of carbonyl (C=O) groups excluding carboxylic acids is 1. The molecule has 2 rings (SSSR count). The highest BCUT2D eigenvalue weighted by Crippen LogP contribution is 2.17. The van der Waals surface area contributed by atoms with E-state index < -0.39 is 11.5 Å². The predicted molar refractivity (Wildman–Crippen MR) is 83.9 cm³/mol. The first kappa shape index (κ1) is 16.7. The van der Waals surface area contributed by atoms with Gasteiger partial charge in [-0.2, -0.15) is 5.10 Å². The van der Waals surface area contributed by atoms with Crippen LogP contribution in [0.2, 0.25) is 0 Å². The van der Waals surface area contributed by atoms with Gasteiger partial charge in [0.1, 0.15) is 6.61 Å². The third-order valence-corrected chi connectivity index (χ3v) is 3.31. The van der Waals surface area contributed by atoms with Crippen molar-refractivity contribution in [1.29, 1.82) is 0 Å². The standard InChI is InChI=1S/C16H19N3O4/c1-16(2,15(21)22)19-9-13(8-17-19)18-14(20)11-23-10-12-6-4-3-5-7-12/h3-9H,10-11H2,1-2H3,(H,18,20)(H,21,22). The van der Waals surface area contributed by atoms with Crippen molar-refractivity contribution in [3.05, 3.63) is 48.3 Å². The lowest BCUT2D eigenvalue weighted by Crippen LogP contribution is -2.35. The first-order valence-corrected chi connectivity index (χ1v) is 7.09. The summed E-state index contributed by atoms with van der Waals surface area (Å²) in [6.07, 6.45) is 2.88. The van der Waals surface area contributed by atoms with E-state index in [0.717, 1.165) is 5.56 Å². The molecule has 7 heteroatoms. The molecular weight excluding hydrogens is 298 g/mol. The van der Waals surface area contributed by atoms with Gasteiger partial charge in [-0.15, -0.1) is 0 Å². The van der Waals surface area contributed by atoms with Crippen LogP contribution in [0.3, 0.4) is 0 Å². The summed E-state index contributed by atoms with van der Waals surface area (Å²) in [6.45, 7) is 3.30. The second kappa shape index (κ2) is 7.06. The van der Waals surface area contributed by atoms with Gasteiger partial charge >= 0.3 is 5.97 Å². The van der Waals surface area contributed by atoms with Gasteiger partial charge in [-0.3, -0.25) is 9.48 Å². The Balaban J connectivity index is 1.84. The van der Waals surface area contributed by atoms with Crippen molar-refractivity contribution < 1.29 is 19.4 Å². The molecule has 0 aliphatic carbocycles. The van der Waals surface area contributed by atoms with Gasteiger partial charge in [0.25, 0.3) is 0 Å². The molecule has 1 heterocycles. The number of aromatic nitrogens is 2. The molecule has 7 nitrogen and oxygen atoms in total. The number of hydrogen-bond donors (Lipinski definition) is 2. The van der Waals surface area contributed by atoms with Crippen molar-refractivity contribution in [3.63, 3.8) is 0 Å². The molecule has 122 valence electrons. The van der Waals surface area contributed by atoms with Gasteiger partial charge in [0.15, 0.2) is 5.54 Å². The summed E-state index contributed by atoms with van der Waals surface area (Å²) in [4.78, 5) is 23.0. The van der Waals surface area contributed by atoms with Gasteiger partial charge in [0.2, 0.25) is 5.91 Å². The molecule has 0 radical (unpaired) electrons. The largest absolute Gasteiger partial charge is 0.479 e. The highest BCUT2D eigenvalue weighted by molar-refractivity contribution is 5.91. The topological polar surface area (TPSA) is 93.5 Å². The fourth-order valence-electron chi connectivity index (χ4n) is 1.82. The number of rotatable bonds is 7. The van der Waals surface area contributed by atoms with Gasteiger partial charge in [-0.1, -0.05) is 30.3 Å². The number of ether oxygens (including phenoxy) is 1. The fraction of sp³-hybridized carbons (Fsp3) is 0.312. The van der Waals surface area contributed by atoms with Crippen LogP contribution < -0.4 is 5.32 Å². The van der Waals surface area contributed by atoms with Crippen LogP contribution in [0.25, 0.3) is 0 Å². The summed E-state index contributed by atoms with van der Waals surface area (Å²) in [5, 5.41) is 15.7. The molecular formula is C16H19N3O4. The molecule has 1 aromatic carbocycles. The second-order valence-corrected chi connectivity index (χ2v) is 5.56. The number of anilines is 1.